The van der Waals surface area contributed by atoms with Crippen molar-refractivity contribution in [3.8, 4) is 0 Å². The Bertz CT molecular complexity index is 905. The van der Waals surface area contributed by atoms with E-state index in [-0.39, 0.29) is 11.9 Å². The Labute approximate surface area is 151 Å². The molecule has 0 fully saturated rings. The second kappa shape index (κ2) is 8.24. The number of rotatable bonds is 7. The molecule has 1 N–H and O–H groups in total. The summed E-state index contributed by atoms with van der Waals surface area (Å²) in [6.07, 6.45) is 5.75. The third-order valence-electron chi connectivity index (χ3n) is 3.96. The van der Waals surface area contributed by atoms with E-state index in [1.165, 1.54) is 0 Å². The summed E-state index contributed by atoms with van der Waals surface area (Å²) in [7, 11) is 0. The molecule has 0 aliphatic carbocycles. The van der Waals surface area contributed by atoms with Gasteiger partial charge in [0.05, 0.1) is 18.0 Å². The summed E-state index contributed by atoms with van der Waals surface area (Å²) < 4.78 is 1.60. The summed E-state index contributed by atoms with van der Waals surface area (Å²) in [5.41, 5.74) is 2.61. The SMILES string of the molecule is CCC(C)NC(=O)c1ccn2ncc(/C=N/OCc3ccccc3)c2n1. The second-order valence-electron chi connectivity index (χ2n) is 5.96. The number of aromatic nitrogens is 3. The van der Waals surface area contributed by atoms with Crippen LogP contribution in [0.15, 0.2) is 53.9 Å². The van der Waals surface area contributed by atoms with Gasteiger partial charge in [0.2, 0.25) is 0 Å². The molecule has 1 aromatic carbocycles. The number of hydrogen-bond acceptors (Lipinski definition) is 5. The Balaban J connectivity index is 1.71. The molecule has 0 aliphatic heterocycles. The van der Waals surface area contributed by atoms with Crippen LogP contribution < -0.4 is 5.32 Å². The van der Waals surface area contributed by atoms with Gasteiger partial charge < -0.3 is 10.2 Å². The maximum absolute atomic E-state index is 12.2. The van der Waals surface area contributed by atoms with E-state index in [1.54, 1.807) is 29.2 Å². The summed E-state index contributed by atoms with van der Waals surface area (Å²) >= 11 is 0. The second-order valence-corrected chi connectivity index (χ2v) is 5.96. The molecule has 0 saturated carbocycles. The molecule has 1 atom stereocenters. The minimum atomic E-state index is -0.203. The number of benzene rings is 1. The molecule has 2 aromatic heterocycles. The molecule has 7 nitrogen and oxygen atoms in total. The third-order valence-corrected chi connectivity index (χ3v) is 3.96. The van der Waals surface area contributed by atoms with Gasteiger partial charge in [0, 0.05) is 12.2 Å². The zero-order chi connectivity index (χ0) is 18.4. The van der Waals surface area contributed by atoms with Gasteiger partial charge in [0.1, 0.15) is 12.3 Å². The maximum Gasteiger partial charge on any atom is 0.270 e. The van der Waals surface area contributed by atoms with Gasteiger partial charge >= 0.3 is 0 Å². The highest BCUT2D eigenvalue weighted by atomic mass is 16.6. The number of fused-ring (bicyclic) bond motifs is 1. The summed E-state index contributed by atoms with van der Waals surface area (Å²) in [5.74, 6) is -0.203. The van der Waals surface area contributed by atoms with E-state index < -0.39 is 0 Å². The van der Waals surface area contributed by atoms with Crippen molar-refractivity contribution in [2.24, 2.45) is 5.16 Å². The van der Waals surface area contributed by atoms with E-state index in [9.17, 15) is 4.79 Å². The quantitative estimate of drug-likeness (QED) is 0.524. The zero-order valence-electron chi connectivity index (χ0n) is 14.8. The Morgan fingerprint density at radius 1 is 1.35 bits per heavy atom. The molecule has 7 heteroatoms. The maximum atomic E-state index is 12.2. The summed E-state index contributed by atoms with van der Waals surface area (Å²) in [6.45, 7) is 4.35. The van der Waals surface area contributed by atoms with Crippen LogP contribution in [-0.2, 0) is 11.4 Å². The first-order valence-electron chi connectivity index (χ1n) is 8.52. The lowest BCUT2D eigenvalue weighted by atomic mass is 10.2. The molecule has 0 saturated heterocycles. The number of amides is 1. The highest BCUT2D eigenvalue weighted by Crippen LogP contribution is 2.08. The van der Waals surface area contributed by atoms with Gasteiger partial charge in [-0.05, 0) is 25.0 Å². The van der Waals surface area contributed by atoms with Crippen LogP contribution in [0, 0.1) is 0 Å². The number of nitrogens with zero attached hydrogens (tertiary/aromatic N) is 4. The molecule has 3 rings (SSSR count). The summed E-state index contributed by atoms with van der Waals surface area (Å²) in [5, 5.41) is 11.1. The van der Waals surface area contributed by atoms with Gasteiger partial charge in [-0.25, -0.2) is 9.50 Å². The van der Waals surface area contributed by atoms with Crippen LogP contribution in [0.2, 0.25) is 0 Å². The smallest absolute Gasteiger partial charge is 0.270 e. The lowest BCUT2D eigenvalue weighted by Gasteiger charge is -2.10. The Kier molecular flexibility index (Phi) is 5.58. The number of nitrogens with one attached hydrogen (secondary N) is 1. The van der Waals surface area contributed by atoms with Crippen molar-refractivity contribution in [2.45, 2.75) is 32.9 Å². The largest absolute Gasteiger partial charge is 0.391 e. The first-order chi connectivity index (χ1) is 12.7. The summed E-state index contributed by atoms with van der Waals surface area (Å²) in [6, 6.07) is 11.5. The number of hydrogen-bond donors (Lipinski definition) is 1. The van der Waals surface area contributed by atoms with E-state index >= 15 is 0 Å². The van der Waals surface area contributed by atoms with E-state index in [1.807, 2.05) is 44.2 Å². The van der Waals surface area contributed by atoms with Crippen molar-refractivity contribution in [3.63, 3.8) is 0 Å². The predicted octanol–water partition coefficient (Wildman–Crippen LogP) is 2.81. The van der Waals surface area contributed by atoms with E-state index in [2.05, 4.69) is 20.6 Å². The van der Waals surface area contributed by atoms with Gasteiger partial charge in [0.15, 0.2) is 5.65 Å². The van der Waals surface area contributed by atoms with E-state index in [0.717, 1.165) is 12.0 Å². The lowest BCUT2D eigenvalue weighted by molar-refractivity contribution is 0.0934. The zero-order valence-corrected chi connectivity index (χ0v) is 14.8. The van der Waals surface area contributed by atoms with Crippen LogP contribution in [0.5, 0.6) is 0 Å². The van der Waals surface area contributed by atoms with Crippen LogP contribution >= 0.6 is 0 Å². The molecule has 1 unspecified atom stereocenters. The van der Waals surface area contributed by atoms with Crippen molar-refractivity contribution >= 4 is 17.8 Å². The fourth-order valence-corrected chi connectivity index (χ4v) is 2.28. The van der Waals surface area contributed by atoms with Crippen LogP contribution in [0.1, 0.15) is 41.9 Å². The Morgan fingerprint density at radius 2 is 2.15 bits per heavy atom. The van der Waals surface area contributed by atoms with Crippen LogP contribution in [0.25, 0.3) is 5.65 Å². The van der Waals surface area contributed by atoms with Crippen LogP contribution in [0.3, 0.4) is 0 Å². The minimum absolute atomic E-state index is 0.0952. The lowest BCUT2D eigenvalue weighted by Crippen LogP contribution is -2.32. The molecular weight excluding hydrogens is 330 g/mol. The fourth-order valence-electron chi connectivity index (χ4n) is 2.28. The highest BCUT2D eigenvalue weighted by Gasteiger charge is 2.12. The van der Waals surface area contributed by atoms with E-state index in [4.69, 9.17) is 4.84 Å². The number of carbonyl (C=O) groups excluding carboxylic acids is 1. The summed E-state index contributed by atoms with van der Waals surface area (Å²) in [4.78, 5) is 22.0. The normalized spacial score (nSPS) is 12.4. The Hall–Kier alpha value is -3.22. The molecule has 1 amide bonds. The molecule has 0 bridgehead atoms. The molecule has 0 spiro atoms. The van der Waals surface area contributed by atoms with Gasteiger partial charge in [0.25, 0.3) is 5.91 Å². The molecule has 0 aliphatic rings. The Morgan fingerprint density at radius 3 is 2.92 bits per heavy atom. The van der Waals surface area contributed by atoms with Gasteiger partial charge in [-0.15, -0.1) is 0 Å². The monoisotopic (exact) mass is 351 g/mol. The van der Waals surface area contributed by atoms with Crippen LogP contribution in [-0.4, -0.2) is 32.8 Å². The van der Waals surface area contributed by atoms with Gasteiger partial charge in [-0.1, -0.05) is 42.4 Å². The van der Waals surface area contributed by atoms with Crippen LogP contribution in [0.4, 0.5) is 0 Å². The van der Waals surface area contributed by atoms with E-state index in [0.29, 0.717) is 23.5 Å². The topological polar surface area (TPSA) is 80.9 Å². The molecule has 0 radical (unpaired) electrons. The molecular formula is C19H21N5O2. The molecule has 26 heavy (non-hydrogen) atoms. The van der Waals surface area contributed by atoms with Crippen molar-refractivity contribution in [3.05, 3.63) is 65.6 Å². The average Bonchev–Trinajstić information content (AvgIpc) is 3.08. The molecule has 2 heterocycles. The molecule has 134 valence electrons. The third kappa shape index (κ3) is 4.24. The van der Waals surface area contributed by atoms with Gasteiger partial charge in [-0.2, -0.15) is 5.10 Å². The number of oxime groups is 1. The first kappa shape index (κ1) is 17.6. The average molecular weight is 351 g/mol. The van der Waals surface area contributed by atoms with Crippen molar-refractivity contribution < 1.29 is 9.63 Å². The van der Waals surface area contributed by atoms with Crippen molar-refractivity contribution in [1.29, 1.82) is 0 Å². The highest BCUT2D eigenvalue weighted by molar-refractivity contribution is 5.94. The van der Waals surface area contributed by atoms with Crippen molar-refractivity contribution in [2.75, 3.05) is 0 Å². The van der Waals surface area contributed by atoms with Crippen molar-refractivity contribution in [1.82, 2.24) is 19.9 Å². The minimum Gasteiger partial charge on any atom is -0.391 e. The van der Waals surface area contributed by atoms with Gasteiger partial charge in [-0.3, -0.25) is 4.79 Å². The predicted molar refractivity (Wildman–Crippen MR) is 99.0 cm³/mol. The fraction of sp³-hybridized carbons (Fsp3) is 0.263. The molecule has 3 aromatic rings. The standard InChI is InChI=1S/C19H21N5O2/c1-3-14(2)22-19(25)17-9-10-24-18(23-17)16(11-20-24)12-21-26-13-15-7-5-4-6-8-15/h4-12,14H,3,13H2,1-2H3,(H,22,25)/b21-12+. The number of carbonyl (C=O) groups is 1. The first-order valence-corrected chi connectivity index (χ1v) is 8.52.